The van der Waals surface area contributed by atoms with E-state index in [2.05, 4.69) is 0 Å². The van der Waals surface area contributed by atoms with Gasteiger partial charge in [0.25, 0.3) is 0 Å². The summed E-state index contributed by atoms with van der Waals surface area (Å²) in [5.41, 5.74) is 4.94. The lowest BCUT2D eigenvalue weighted by molar-refractivity contribution is 0.0429. The van der Waals surface area contributed by atoms with Crippen LogP contribution >= 0.6 is 0 Å². The molecule has 2 amide bonds. The molecule has 0 aliphatic rings. The SMILES string of the molecule is COC(=O)c1c(N)c(C#N)cn1-c1ccc(N(C(=O)OC(C)(C)C)C(=O)OC(C)(C)C)cc1. The minimum absolute atomic E-state index is 0.0158. The maximum absolute atomic E-state index is 12.8. The number of ether oxygens (including phenoxy) is 3. The number of hydrogen-bond donors (Lipinski definition) is 1. The molecule has 10 nitrogen and oxygen atoms in total. The van der Waals surface area contributed by atoms with Crippen LogP contribution < -0.4 is 10.6 Å². The number of carbonyl (C=O) groups excluding carboxylic acids is 3. The first-order valence-electron chi connectivity index (χ1n) is 10.0. The zero-order valence-electron chi connectivity index (χ0n) is 19.8. The summed E-state index contributed by atoms with van der Waals surface area (Å²) in [7, 11) is 1.20. The first-order chi connectivity index (χ1) is 15.2. The van der Waals surface area contributed by atoms with Crippen LogP contribution in [0.5, 0.6) is 0 Å². The van der Waals surface area contributed by atoms with E-state index in [4.69, 9.17) is 19.9 Å². The van der Waals surface area contributed by atoms with Crippen molar-refractivity contribution in [3.05, 3.63) is 41.7 Å². The molecule has 0 saturated heterocycles. The van der Waals surface area contributed by atoms with Gasteiger partial charge in [-0.1, -0.05) is 0 Å². The molecule has 0 radical (unpaired) electrons. The molecule has 2 aromatic rings. The Bertz CT molecular complexity index is 1070. The van der Waals surface area contributed by atoms with Gasteiger partial charge in [-0.25, -0.2) is 14.4 Å². The summed E-state index contributed by atoms with van der Waals surface area (Å²) in [6.07, 6.45) is -0.413. The number of nitrogen functional groups attached to an aromatic ring is 1. The van der Waals surface area contributed by atoms with E-state index in [0.29, 0.717) is 5.69 Å². The van der Waals surface area contributed by atoms with Crippen LogP contribution in [0, 0.1) is 11.3 Å². The monoisotopic (exact) mass is 456 g/mol. The van der Waals surface area contributed by atoms with E-state index in [9.17, 15) is 19.6 Å². The average Bonchev–Trinajstić information content (AvgIpc) is 3.01. The van der Waals surface area contributed by atoms with Gasteiger partial charge < -0.3 is 24.5 Å². The highest BCUT2D eigenvalue weighted by Gasteiger charge is 2.32. The summed E-state index contributed by atoms with van der Waals surface area (Å²) in [6.45, 7) is 10.1. The fourth-order valence-corrected chi connectivity index (χ4v) is 2.78. The lowest BCUT2D eigenvalue weighted by Gasteiger charge is -2.28. The molecule has 0 unspecified atom stereocenters. The number of anilines is 2. The number of carbonyl (C=O) groups is 3. The van der Waals surface area contributed by atoms with Crippen LogP contribution in [0.4, 0.5) is 21.0 Å². The van der Waals surface area contributed by atoms with E-state index in [-0.39, 0.29) is 22.6 Å². The van der Waals surface area contributed by atoms with Crippen LogP contribution in [0.3, 0.4) is 0 Å². The molecule has 1 heterocycles. The molecular weight excluding hydrogens is 428 g/mol. The van der Waals surface area contributed by atoms with Crippen LogP contribution in [0.2, 0.25) is 0 Å². The van der Waals surface area contributed by atoms with Gasteiger partial charge in [0.05, 0.1) is 24.0 Å². The predicted octanol–water partition coefficient (Wildman–Crippen LogP) is 4.39. The topological polar surface area (TPSA) is 137 Å². The van der Waals surface area contributed by atoms with Crippen LogP contribution in [0.1, 0.15) is 57.6 Å². The zero-order valence-corrected chi connectivity index (χ0v) is 19.8. The van der Waals surface area contributed by atoms with Gasteiger partial charge in [0, 0.05) is 11.9 Å². The highest BCUT2D eigenvalue weighted by atomic mass is 16.6. The Morgan fingerprint density at radius 2 is 1.45 bits per heavy atom. The highest BCUT2D eigenvalue weighted by Crippen LogP contribution is 2.27. The molecule has 0 atom stereocenters. The minimum Gasteiger partial charge on any atom is -0.464 e. The van der Waals surface area contributed by atoms with Gasteiger partial charge in [0.15, 0.2) is 5.69 Å². The van der Waals surface area contributed by atoms with Gasteiger partial charge in [-0.3, -0.25) is 0 Å². The Morgan fingerprint density at radius 1 is 0.970 bits per heavy atom. The van der Waals surface area contributed by atoms with Gasteiger partial charge >= 0.3 is 18.2 Å². The summed E-state index contributed by atoms with van der Waals surface area (Å²) >= 11 is 0. The molecule has 33 heavy (non-hydrogen) atoms. The molecule has 0 bridgehead atoms. The first kappa shape index (κ1) is 25.3. The third kappa shape index (κ3) is 6.04. The van der Waals surface area contributed by atoms with Gasteiger partial charge in [-0.2, -0.15) is 10.2 Å². The van der Waals surface area contributed by atoms with Crippen molar-refractivity contribution in [1.82, 2.24) is 4.57 Å². The Hall–Kier alpha value is -4.00. The van der Waals surface area contributed by atoms with Crippen molar-refractivity contribution in [2.24, 2.45) is 0 Å². The number of rotatable bonds is 3. The van der Waals surface area contributed by atoms with Crippen molar-refractivity contribution in [3.8, 4) is 11.8 Å². The largest absolute Gasteiger partial charge is 0.464 e. The molecule has 0 spiro atoms. The van der Waals surface area contributed by atoms with E-state index >= 15 is 0 Å². The second-order valence-corrected chi connectivity index (χ2v) is 9.09. The van der Waals surface area contributed by atoms with Crippen molar-refractivity contribution in [2.75, 3.05) is 17.7 Å². The van der Waals surface area contributed by atoms with Gasteiger partial charge in [0.2, 0.25) is 0 Å². The summed E-state index contributed by atoms with van der Waals surface area (Å²) in [6, 6.07) is 7.97. The Morgan fingerprint density at radius 3 is 1.85 bits per heavy atom. The molecule has 1 aromatic heterocycles. The Labute approximate surface area is 192 Å². The lowest BCUT2D eigenvalue weighted by atomic mass is 10.2. The number of esters is 1. The molecule has 10 heteroatoms. The first-order valence-corrected chi connectivity index (χ1v) is 10.0. The van der Waals surface area contributed by atoms with Gasteiger partial charge in [-0.15, -0.1) is 0 Å². The van der Waals surface area contributed by atoms with E-state index in [1.54, 1.807) is 53.7 Å². The molecule has 0 fully saturated rings. The van der Waals surface area contributed by atoms with E-state index < -0.39 is 29.4 Å². The third-order valence-electron chi connectivity index (χ3n) is 4.08. The fraction of sp³-hybridized carbons (Fsp3) is 0.391. The Kier molecular flexibility index (Phi) is 7.07. The van der Waals surface area contributed by atoms with Crippen molar-refractivity contribution in [1.29, 1.82) is 5.26 Å². The van der Waals surface area contributed by atoms with Crippen molar-refractivity contribution >= 4 is 29.5 Å². The number of nitrogens with two attached hydrogens (primary N) is 1. The standard InChI is InChI=1S/C23H28N4O6/c1-22(2,3)32-20(29)27(21(30)33-23(4,5)6)16-10-8-15(9-11-16)26-13-14(12-24)17(25)18(26)19(28)31-7/h8-11,13H,25H2,1-7H3. The van der Waals surface area contributed by atoms with Crippen LogP contribution in [0.15, 0.2) is 30.5 Å². The maximum Gasteiger partial charge on any atom is 0.424 e. The Balaban J connectivity index is 2.52. The minimum atomic E-state index is -0.906. The average molecular weight is 456 g/mol. The van der Waals surface area contributed by atoms with Gasteiger partial charge in [-0.05, 0) is 65.8 Å². The molecule has 176 valence electrons. The summed E-state index contributed by atoms with van der Waals surface area (Å²) in [5.74, 6) is -0.720. The molecule has 2 N–H and O–H groups in total. The molecule has 0 aliphatic heterocycles. The molecule has 1 aromatic carbocycles. The van der Waals surface area contributed by atoms with E-state index in [1.165, 1.54) is 30.0 Å². The third-order valence-corrected chi connectivity index (χ3v) is 4.08. The van der Waals surface area contributed by atoms with E-state index in [1.807, 2.05) is 6.07 Å². The normalized spacial score (nSPS) is 11.3. The number of amides is 2. The number of imide groups is 1. The summed E-state index contributed by atoms with van der Waals surface area (Å²) < 4.78 is 16.9. The molecule has 0 aliphatic carbocycles. The number of hydrogen-bond acceptors (Lipinski definition) is 8. The van der Waals surface area contributed by atoms with Crippen LogP contribution in [-0.2, 0) is 14.2 Å². The van der Waals surface area contributed by atoms with Crippen molar-refractivity contribution in [2.45, 2.75) is 52.7 Å². The summed E-state index contributed by atoms with van der Waals surface area (Å²) in [4.78, 5) is 38.6. The quantitative estimate of drug-likeness (QED) is 0.530. The zero-order chi connectivity index (χ0) is 25.1. The lowest BCUT2D eigenvalue weighted by Crippen LogP contribution is -2.43. The molecule has 2 rings (SSSR count). The number of methoxy groups -OCH3 is 1. The fourth-order valence-electron chi connectivity index (χ4n) is 2.78. The number of benzene rings is 1. The van der Waals surface area contributed by atoms with Gasteiger partial charge in [0.1, 0.15) is 17.3 Å². The van der Waals surface area contributed by atoms with Crippen LogP contribution in [-0.4, -0.2) is 41.0 Å². The molecular formula is C23H28N4O6. The second kappa shape index (κ2) is 9.24. The highest BCUT2D eigenvalue weighted by molar-refractivity contribution is 6.09. The van der Waals surface area contributed by atoms with Crippen LogP contribution in [0.25, 0.3) is 5.69 Å². The van der Waals surface area contributed by atoms with E-state index in [0.717, 1.165) is 4.90 Å². The number of nitriles is 1. The predicted molar refractivity (Wildman–Crippen MR) is 121 cm³/mol. The summed E-state index contributed by atoms with van der Waals surface area (Å²) in [5, 5.41) is 9.28. The molecule has 0 saturated carbocycles. The number of nitrogens with zero attached hydrogens (tertiary/aromatic N) is 3. The maximum atomic E-state index is 12.8. The van der Waals surface area contributed by atoms with Crippen molar-refractivity contribution in [3.63, 3.8) is 0 Å². The van der Waals surface area contributed by atoms with Crippen molar-refractivity contribution < 1.29 is 28.6 Å². The smallest absolute Gasteiger partial charge is 0.424 e. The second-order valence-electron chi connectivity index (χ2n) is 9.09. The number of aromatic nitrogens is 1.